The summed E-state index contributed by atoms with van der Waals surface area (Å²) >= 11 is 0. The van der Waals surface area contributed by atoms with Crippen LogP contribution in [0.25, 0.3) is 0 Å². The second kappa shape index (κ2) is 5.47. The van der Waals surface area contributed by atoms with Gasteiger partial charge in [-0.15, -0.1) is 0 Å². The van der Waals surface area contributed by atoms with E-state index in [2.05, 4.69) is 43.0 Å². The van der Waals surface area contributed by atoms with E-state index in [1.165, 1.54) is 12.0 Å². The first kappa shape index (κ1) is 10.8. The Bertz CT molecular complexity index is 324. The van der Waals surface area contributed by atoms with Gasteiger partial charge in [-0.2, -0.15) is 0 Å². The molecule has 0 amide bonds. The summed E-state index contributed by atoms with van der Waals surface area (Å²) in [4.78, 5) is 0. The van der Waals surface area contributed by atoms with Crippen LogP contribution in [0.15, 0.2) is 24.3 Å². The Morgan fingerprint density at radius 1 is 1.29 bits per heavy atom. The number of nitrogens with two attached hydrogens (primary N) is 1. The number of hydrogen-bond acceptors (Lipinski definition) is 1. The zero-order valence-electron chi connectivity index (χ0n) is 8.88. The minimum atomic E-state index is -0.0506. The molecule has 1 aromatic carbocycles. The Balaban J connectivity index is 2.70. The standard InChI is InChI=1S/C13H17N/c1-3-4-12-7-9-13(10-8-12)6-5-11(2)14/h7-11H,3-4,14H2,1-2H3. The zero-order valence-corrected chi connectivity index (χ0v) is 8.88. The lowest BCUT2D eigenvalue weighted by atomic mass is 10.1. The molecule has 14 heavy (non-hydrogen) atoms. The molecule has 74 valence electrons. The second-order valence-electron chi connectivity index (χ2n) is 3.50. The van der Waals surface area contributed by atoms with Gasteiger partial charge in [0.1, 0.15) is 0 Å². The lowest BCUT2D eigenvalue weighted by Crippen LogP contribution is -2.10. The maximum Gasteiger partial charge on any atom is 0.0639 e. The van der Waals surface area contributed by atoms with Crippen molar-refractivity contribution in [1.82, 2.24) is 0 Å². The third kappa shape index (κ3) is 3.64. The zero-order chi connectivity index (χ0) is 10.4. The van der Waals surface area contributed by atoms with Crippen LogP contribution in [0, 0.1) is 11.8 Å². The van der Waals surface area contributed by atoms with Gasteiger partial charge in [0, 0.05) is 5.56 Å². The van der Waals surface area contributed by atoms with E-state index < -0.39 is 0 Å². The molecule has 0 aliphatic rings. The molecule has 0 saturated carbocycles. The van der Waals surface area contributed by atoms with Crippen LogP contribution >= 0.6 is 0 Å². The van der Waals surface area contributed by atoms with Gasteiger partial charge < -0.3 is 5.73 Å². The van der Waals surface area contributed by atoms with E-state index in [-0.39, 0.29) is 6.04 Å². The van der Waals surface area contributed by atoms with Crippen molar-refractivity contribution < 1.29 is 0 Å². The lowest BCUT2D eigenvalue weighted by molar-refractivity contribution is 0.922. The van der Waals surface area contributed by atoms with E-state index in [0.717, 1.165) is 12.0 Å². The van der Waals surface area contributed by atoms with Crippen LogP contribution < -0.4 is 5.73 Å². The number of rotatable bonds is 2. The molecule has 0 saturated heterocycles. The van der Waals surface area contributed by atoms with E-state index >= 15 is 0 Å². The number of benzene rings is 1. The largest absolute Gasteiger partial charge is 0.318 e. The Morgan fingerprint density at radius 3 is 2.43 bits per heavy atom. The first-order valence-electron chi connectivity index (χ1n) is 5.08. The summed E-state index contributed by atoms with van der Waals surface area (Å²) in [5.41, 5.74) is 7.96. The van der Waals surface area contributed by atoms with Crippen molar-refractivity contribution in [2.24, 2.45) is 5.73 Å². The predicted molar refractivity (Wildman–Crippen MR) is 61.0 cm³/mol. The molecule has 0 aliphatic heterocycles. The molecule has 0 bridgehead atoms. The number of aryl methyl sites for hydroxylation is 1. The van der Waals surface area contributed by atoms with Gasteiger partial charge in [-0.1, -0.05) is 37.3 Å². The van der Waals surface area contributed by atoms with Crippen LogP contribution in [0.3, 0.4) is 0 Å². The fraction of sp³-hybridized carbons (Fsp3) is 0.385. The Kier molecular flexibility index (Phi) is 4.22. The van der Waals surface area contributed by atoms with Crippen LogP contribution in [0.2, 0.25) is 0 Å². The van der Waals surface area contributed by atoms with Crippen molar-refractivity contribution in [2.45, 2.75) is 32.7 Å². The fourth-order valence-corrected chi connectivity index (χ4v) is 1.24. The van der Waals surface area contributed by atoms with Gasteiger partial charge in [-0.05, 0) is 31.0 Å². The van der Waals surface area contributed by atoms with Gasteiger partial charge in [0.2, 0.25) is 0 Å². The lowest BCUT2D eigenvalue weighted by Gasteiger charge is -1.97. The third-order valence-corrected chi connectivity index (χ3v) is 1.94. The van der Waals surface area contributed by atoms with E-state index in [1.807, 2.05) is 6.92 Å². The molecule has 0 aromatic heterocycles. The minimum absolute atomic E-state index is 0.0506. The average molecular weight is 187 g/mol. The van der Waals surface area contributed by atoms with Gasteiger partial charge in [-0.3, -0.25) is 0 Å². The summed E-state index contributed by atoms with van der Waals surface area (Å²) < 4.78 is 0. The van der Waals surface area contributed by atoms with Crippen molar-refractivity contribution in [3.63, 3.8) is 0 Å². The maximum atomic E-state index is 5.54. The summed E-state index contributed by atoms with van der Waals surface area (Å²) in [5, 5.41) is 0. The first-order chi connectivity index (χ1) is 6.72. The van der Waals surface area contributed by atoms with E-state index in [4.69, 9.17) is 5.73 Å². The molecular formula is C13H17N. The van der Waals surface area contributed by atoms with Gasteiger partial charge in [0.25, 0.3) is 0 Å². The van der Waals surface area contributed by atoms with Crippen molar-refractivity contribution in [3.05, 3.63) is 35.4 Å². The molecule has 1 rings (SSSR count). The summed E-state index contributed by atoms with van der Waals surface area (Å²) in [6.07, 6.45) is 2.33. The van der Waals surface area contributed by atoms with Crippen molar-refractivity contribution in [1.29, 1.82) is 0 Å². The molecule has 0 fully saturated rings. The highest BCUT2D eigenvalue weighted by Crippen LogP contribution is 2.05. The SMILES string of the molecule is CCCc1ccc(C#CC(C)N)cc1. The van der Waals surface area contributed by atoms with Crippen LogP contribution in [-0.2, 0) is 6.42 Å². The summed E-state index contributed by atoms with van der Waals surface area (Å²) in [7, 11) is 0. The molecule has 2 N–H and O–H groups in total. The van der Waals surface area contributed by atoms with E-state index in [0.29, 0.717) is 0 Å². The average Bonchev–Trinajstić information content (AvgIpc) is 2.17. The van der Waals surface area contributed by atoms with Crippen LogP contribution in [-0.4, -0.2) is 6.04 Å². The molecular weight excluding hydrogens is 170 g/mol. The topological polar surface area (TPSA) is 26.0 Å². The molecule has 1 heteroatoms. The maximum absolute atomic E-state index is 5.54. The second-order valence-corrected chi connectivity index (χ2v) is 3.50. The van der Waals surface area contributed by atoms with Crippen LogP contribution in [0.4, 0.5) is 0 Å². The van der Waals surface area contributed by atoms with Crippen LogP contribution in [0.1, 0.15) is 31.4 Å². The fourth-order valence-electron chi connectivity index (χ4n) is 1.24. The van der Waals surface area contributed by atoms with Crippen molar-refractivity contribution in [3.8, 4) is 11.8 Å². The Morgan fingerprint density at radius 2 is 1.93 bits per heavy atom. The van der Waals surface area contributed by atoms with Crippen LogP contribution in [0.5, 0.6) is 0 Å². The molecule has 0 heterocycles. The molecule has 1 aromatic rings. The Hall–Kier alpha value is -1.26. The number of hydrogen-bond donors (Lipinski definition) is 1. The van der Waals surface area contributed by atoms with Crippen molar-refractivity contribution in [2.75, 3.05) is 0 Å². The molecule has 0 aliphatic carbocycles. The predicted octanol–water partition coefficient (Wildman–Crippen LogP) is 2.34. The summed E-state index contributed by atoms with van der Waals surface area (Å²) in [6, 6.07) is 8.33. The minimum Gasteiger partial charge on any atom is -0.318 e. The molecule has 1 unspecified atom stereocenters. The van der Waals surface area contributed by atoms with Gasteiger partial charge >= 0.3 is 0 Å². The summed E-state index contributed by atoms with van der Waals surface area (Å²) in [6.45, 7) is 4.07. The van der Waals surface area contributed by atoms with Gasteiger partial charge in [-0.25, -0.2) is 0 Å². The normalized spacial score (nSPS) is 11.6. The highest BCUT2D eigenvalue weighted by molar-refractivity contribution is 5.36. The Labute approximate surface area is 86.3 Å². The van der Waals surface area contributed by atoms with Gasteiger partial charge in [0.05, 0.1) is 6.04 Å². The van der Waals surface area contributed by atoms with Gasteiger partial charge in [0.15, 0.2) is 0 Å². The highest BCUT2D eigenvalue weighted by Gasteiger charge is 1.91. The highest BCUT2D eigenvalue weighted by atomic mass is 14.6. The first-order valence-corrected chi connectivity index (χ1v) is 5.08. The van der Waals surface area contributed by atoms with E-state index in [1.54, 1.807) is 0 Å². The third-order valence-electron chi connectivity index (χ3n) is 1.94. The molecule has 0 spiro atoms. The smallest absolute Gasteiger partial charge is 0.0639 e. The summed E-state index contributed by atoms with van der Waals surface area (Å²) in [5.74, 6) is 5.98. The van der Waals surface area contributed by atoms with Crippen molar-refractivity contribution >= 4 is 0 Å². The van der Waals surface area contributed by atoms with E-state index in [9.17, 15) is 0 Å². The molecule has 1 nitrogen and oxygen atoms in total. The molecule has 0 radical (unpaired) electrons. The quantitative estimate of drug-likeness (QED) is 0.707. The molecule has 1 atom stereocenters. The monoisotopic (exact) mass is 187 g/mol.